The van der Waals surface area contributed by atoms with Crippen LogP contribution in [-0.2, 0) is 27.8 Å². The van der Waals surface area contributed by atoms with Crippen LogP contribution in [0.1, 0.15) is 11.1 Å². The summed E-state index contributed by atoms with van der Waals surface area (Å²) in [7, 11) is -3.90. The molecule has 0 radical (unpaired) electrons. The van der Waals surface area contributed by atoms with Crippen molar-refractivity contribution in [3.05, 3.63) is 82.9 Å². The van der Waals surface area contributed by atoms with Gasteiger partial charge in [0.1, 0.15) is 5.75 Å². The van der Waals surface area contributed by atoms with Gasteiger partial charge in [0.05, 0.1) is 20.3 Å². The molecule has 3 rings (SSSR count). The smallest absolute Gasteiger partial charge is 0.496 e. The highest BCUT2D eigenvalue weighted by atomic mass is 35.5. The van der Waals surface area contributed by atoms with Crippen molar-refractivity contribution >= 4 is 27.3 Å². The van der Waals surface area contributed by atoms with E-state index in [9.17, 15) is 21.6 Å². The van der Waals surface area contributed by atoms with E-state index < -0.39 is 15.5 Å². The van der Waals surface area contributed by atoms with Crippen LogP contribution in [0.25, 0.3) is 11.1 Å². The number of benzene rings is 3. The minimum absolute atomic E-state index is 0.165. The average Bonchev–Trinajstić information content (AvgIpc) is 2.76. The number of ether oxygens (including phenoxy) is 2. The summed E-state index contributed by atoms with van der Waals surface area (Å²) in [5.74, 6) is 0.663. The van der Waals surface area contributed by atoms with E-state index in [1.54, 1.807) is 25.3 Å². The lowest BCUT2D eigenvalue weighted by Gasteiger charge is -2.13. The third-order valence-electron chi connectivity index (χ3n) is 4.73. The number of methoxy groups -OCH3 is 1. The van der Waals surface area contributed by atoms with Gasteiger partial charge in [-0.3, -0.25) is 4.72 Å². The van der Waals surface area contributed by atoms with Gasteiger partial charge in [0.25, 0.3) is 0 Å². The number of hydrogen-bond donors (Lipinski definition) is 1. The molecule has 0 fully saturated rings. The first kappa shape index (κ1) is 24.9. The van der Waals surface area contributed by atoms with E-state index in [-0.39, 0.29) is 18.9 Å². The molecule has 0 heterocycles. The summed E-state index contributed by atoms with van der Waals surface area (Å²) in [6, 6.07) is 18.9. The van der Waals surface area contributed by atoms with Crippen LogP contribution in [-0.4, -0.2) is 27.6 Å². The second-order valence-electron chi connectivity index (χ2n) is 7.09. The van der Waals surface area contributed by atoms with E-state index in [1.807, 2.05) is 30.3 Å². The Labute approximate surface area is 195 Å². The van der Waals surface area contributed by atoms with Crippen molar-refractivity contribution in [2.75, 3.05) is 18.4 Å². The lowest BCUT2D eigenvalue weighted by Crippen LogP contribution is -2.29. The first-order chi connectivity index (χ1) is 15.6. The fraction of sp³-hybridized carbons (Fsp3) is 0.217. The van der Waals surface area contributed by atoms with Gasteiger partial charge in [0.2, 0.25) is 0 Å². The van der Waals surface area contributed by atoms with E-state index in [0.717, 1.165) is 16.7 Å². The zero-order valence-electron chi connectivity index (χ0n) is 17.5. The molecule has 10 heteroatoms. The topological polar surface area (TPSA) is 64.6 Å². The third kappa shape index (κ3) is 6.63. The molecule has 0 bridgehead atoms. The zero-order chi connectivity index (χ0) is 24.1. The Bertz CT molecular complexity index is 1200. The number of hydrogen-bond acceptors (Lipinski definition) is 4. The van der Waals surface area contributed by atoms with E-state index in [4.69, 9.17) is 21.1 Å². The minimum atomic E-state index is -5.47. The van der Waals surface area contributed by atoms with Gasteiger partial charge in [0.15, 0.2) is 0 Å². The molecule has 0 aliphatic carbocycles. The van der Waals surface area contributed by atoms with Gasteiger partial charge in [-0.1, -0.05) is 41.9 Å². The van der Waals surface area contributed by atoms with Gasteiger partial charge < -0.3 is 9.47 Å². The Balaban J connectivity index is 1.62. The maximum Gasteiger partial charge on any atom is 0.516 e. The number of halogens is 4. The molecular weight excluding hydrogens is 479 g/mol. The SMILES string of the molecule is COc1ccc(-c2ccc(Cl)cc2)cc1COCCc1cccc(NS(=O)(=O)C(F)(F)F)c1. The molecule has 0 atom stereocenters. The molecule has 0 saturated heterocycles. The Hall–Kier alpha value is -2.75. The van der Waals surface area contributed by atoms with Crippen LogP contribution in [0.3, 0.4) is 0 Å². The lowest BCUT2D eigenvalue weighted by atomic mass is 10.0. The van der Waals surface area contributed by atoms with E-state index >= 15 is 0 Å². The van der Waals surface area contributed by atoms with Crippen LogP contribution < -0.4 is 9.46 Å². The summed E-state index contributed by atoms with van der Waals surface area (Å²) in [4.78, 5) is 0. The number of anilines is 1. The second-order valence-corrected chi connectivity index (χ2v) is 9.20. The van der Waals surface area contributed by atoms with E-state index in [0.29, 0.717) is 22.8 Å². The largest absolute Gasteiger partial charge is 0.516 e. The average molecular weight is 500 g/mol. The van der Waals surface area contributed by atoms with Gasteiger partial charge >= 0.3 is 15.5 Å². The Morgan fingerprint density at radius 2 is 1.67 bits per heavy atom. The maximum absolute atomic E-state index is 12.6. The molecule has 0 unspecified atom stereocenters. The van der Waals surface area contributed by atoms with Crippen LogP contribution in [0.5, 0.6) is 5.75 Å². The predicted octanol–water partition coefficient (Wildman–Crippen LogP) is 6.04. The number of alkyl halides is 3. The molecule has 3 aromatic carbocycles. The zero-order valence-corrected chi connectivity index (χ0v) is 19.1. The molecule has 0 aliphatic heterocycles. The van der Waals surface area contributed by atoms with Crippen molar-refractivity contribution in [1.82, 2.24) is 0 Å². The van der Waals surface area contributed by atoms with Crippen LogP contribution in [0, 0.1) is 0 Å². The normalized spacial score (nSPS) is 11.9. The summed E-state index contributed by atoms with van der Waals surface area (Å²) >= 11 is 5.95. The van der Waals surface area contributed by atoms with Gasteiger partial charge in [-0.05, 0) is 59.5 Å². The van der Waals surface area contributed by atoms with Gasteiger partial charge in [-0.25, -0.2) is 0 Å². The Morgan fingerprint density at radius 1 is 0.970 bits per heavy atom. The molecule has 176 valence electrons. The quantitative estimate of drug-likeness (QED) is 0.365. The van der Waals surface area contributed by atoms with E-state index in [2.05, 4.69) is 0 Å². The fourth-order valence-corrected chi connectivity index (χ4v) is 3.77. The van der Waals surface area contributed by atoms with Gasteiger partial charge in [-0.2, -0.15) is 21.6 Å². The van der Waals surface area contributed by atoms with Crippen molar-refractivity contribution in [2.45, 2.75) is 18.5 Å². The molecule has 0 spiro atoms. The molecule has 1 N–H and O–H groups in total. The maximum atomic E-state index is 12.6. The summed E-state index contributed by atoms with van der Waals surface area (Å²) < 4.78 is 72.9. The van der Waals surface area contributed by atoms with Crippen molar-refractivity contribution in [3.63, 3.8) is 0 Å². The van der Waals surface area contributed by atoms with Gasteiger partial charge in [0, 0.05) is 16.3 Å². The highest BCUT2D eigenvalue weighted by Gasteiger charge is 2.46. The Kier molecular flexibility index (Phi) is 7.88. The highest BCUT2D eigenvalue weighted by Crippen LogP contribution is 2.29. The molecule has 0 aromatic heterocycles. The summed E-state index contributed by atoms with van der Waals surface area (Å²) in [6.45, 7) is 0.523. The lowest BCUT2D eigenvalue weighted by molar-refractivity contribution is -0.0429. The van der Waals surface area contributed by atoms with Crippen molar-refractivity contribution < 1.29 is 31.1 Å². The standard InChI is InChI=1S/C23H21ClF3NO4S/c1-31-22-10-7-18(17-5-8-20(24)9-6-17)14-19(22)15-32-12-11-16-3-2-4-21(13-16)28-33(29,30)23(25,26)27/h2-10,13-14,28H,11-12,15H2,1H3. The van der Waals surface area contributed by atoms with Crippen LogP contribution in [0.4, 0.5) is 18.9 Å². The summed E-state index contributed by atoms with van der Waals surface area (Å²) in [6.07, 6.45) is 0.376. The van der Waals surface area contributed by atoms with Crippen molar-refractivity contribution in [1.29, 1.82) is 0 Å². The predicted molar refractivity (Wildman–Crippen MR) is 122 cm³/mol. The second kappa shape index (κ2) is 10.5. The van der Waals surface area contributed by atoms with Crippen molar-refractivity contribution in [3.8, 4) is 16.9 Å². The molecular formula is C23H21ClF3NO4S. The molecule has 0 amide bonds. The number of sulfonamides is 1. The molecule has 5 nitrogen and oxygen atoms in total. The molecule has 33 heavy (non-hydrogen) atoms. The van der Waals surface area contributed by atoms with E-state index in [1.165, 1.54) is 22.9 Å². The van der Waals surface area contributed by atoms with Crippen LogP contribution >= 0.6 is 11.6 Å². The van der Waals surface area contributed by atoms with Crippen molar-refractivity contribution in [2.24, 2.45) is 0 Å². The summed E-state index contributed by atoms with van der Waals surface area (Å²) in [5, 5.41) is 0.645. The first-order valence-electron chi connectivity index (χ1n) is 9.78. The molecule has 0 aliphatic rings. The molecule has 3 aromatic rings. The minimum Gasteiger partial charge on any atom is -0.496 e. The fourth-order valence-electron chi connectivity index (χ4n) is 3.09. The van der Waals surface area contributed by atoms with Crippen LogP contribution in [0.15, 0.2) is 66.7 Å². The number of rotatable bonds is 9. The highest BCUT2D eigenvalue weighted by molar-refractivity contribution is 7.93. The summed E-state index contributed by atoms with van der Waals surface area (Å²) in [5.41, 5.74) is -2.14. The van der Waals surface area contributed by atoms with Crippen LogP contribution in [0.2, 0.25) is 5.02 Å². The molecule has 0 saturated carbocycles. The first-order valence-corrected chi connectivity index (χ1v) is 11.6. The van der Waals surface area contributed by atoms with Gasteiger partial charge in [-0.15, -0.1) is 0 Å². The monoisotopic (exact) mass is 499 g/mol. The Morgan fingerprint density at radius 3 is 2.33 bits per heavy atom. The third-order valence-corrected chi connectivity index (χ3v) is 6.10. The number of nitrogens with one attached hydrogen (secondary N) is 1.